The lowest BCUT2D eigenvalue weighted by Crippen LogP contribution is -2.50. The van der Waals surface area contributed by atoms with Crippen LogP contribution in [0.3, 0.4) is 0 Å². The quantitative estimate of drug-likeness (QED) is 0.769. The van der Waals surface area contributed by atoms with E-state index in [0.717, 1.165) is 13.1 Å². The second-order valence-corrected chi connectivity index (χ2v) is 6.22. The van der Waals surface area contributed by atoms with Gasteiger partial charge in [-0.1, -0.05) is 25.0 Å². The van der Waals surface area contributed by atoms with Gasteiger partial charge in [-0.25, -0.2) is 0 Å². The van der Waals surface area contributed by atoms with Crippen LogP contribution in [0.5, 0.6) is 5.75 Å². The summed E-state index contributed by atoms with van der Waals surface area (Å²) in [4.78, 5) is 15.4. The molecule has 0 aromatic heterocycles. The summed E-state index contributed by atoms with van der Waals surface area (Å²) < 4.78 is 5.63. The first-order valence-corrected chi connectivity index (χ1v) is 8.09. The van der Waals surface area contributed by atoms with Crippen molar-refractivity contribution in [3.05, 3.63) is 29.8 Å². The van der Waals surface area contributed by atoms with Gasteiger partial charge in [-0.2, -0.15) is 0 Å². The third kappa shape index (κ3) is 3.65. The van der Waals surface area contributed by atoms with E-state index in [1.807, 2.05) is 45.0 Å². The third-order valence-corrected chi connectivity index (χ3v) is 4.38. The number of carbonyl (C=O) groups is 1. The van der Waals surface area contributed by atoms with Crippen molar-refractivity contribution in [1.29, 1.82) is 0 Å². The predicted molar refractivity (Wildman–Crippen MR) is 86.1 cm³/mol. The number of rotatable bonds is 5. The molecule has 3 heteroatoms. The molecular formula is C18H27NO2. The summed E-state index contributed by atoms with van der Waals surface area (Å²) in [7, 11) is 0. The number of para-hydroxylation sites is 1. The fourth-order valence-corrected chi connectivity index (χ4v) is 3.04. The summed E-state index contributed by atoms with van der Waals surface area (Å²) in [6.07, 6.45) is 4.92. The molecule has 1 aromatic carbocycles. The van der Waals surface area contributed by atoms with Crippen LogP contribution in [0.1, 0.15) is 56.8 Å². The van der Waals surface area contributed by atoms with Gasteiger partial charge in [-0.15, -0.1) is 0 Å². The first-order chi connectivity index (χ1) is 10.1. The Morgan fingerprint density at radius 2 is 1.76 bits per heavy atom. The van der Waals surface area contributed by atoms with Crippen molar-refractivity contribution in [3.8, 4) is 5.75 Å². The first kappa shape index (κ1) is 16.0. The molecule has 2 rings (SSSR count). The smallest absolute Gasteiger partial charge is 0.186 e. The van der Waals surface area contributed by atoms with Gasteiger partial charge in [0.25, 0.3) is 0 Å². The largest absolute Gasteiger partial charge is 0.493 e. The molecule has 0 amide bonds. The van der Waals surface area contributed by atoms with E-state index in [2.05, 4.69) is 4.90 Å². The molecule has 3 nitrogen and oxygen atoms in total. The number of hydrogen-bond acceptors (Lipinski definition) is 3. The van der Waals surface area contributed by atoms with Crippen LogP contribution in [0.4, 0.5) is 0 Å². The van der Waals surface area contributed by atoms with Gasteiger partial charge in [-0.3, -0.25) is 9.69 Å². The van der Waals surface area contributed by atoms with Crippen LogP contribution in [0.25, 0.3) is 0 Å². The zero-order valence-electron chi connectivity index (χ0n) is 13.5. The number of benzene rings is 1. The second-order valence-electron chi connectivity index (χ2n) is 6.22. The maximum absolute atomic E-state index is 13.1. The lowest BCUT2D eigenvalue weighted by molar-refractivity contribution is 0.0646. The predicted octanol–water partition coefficient (Wildman–Crippen LogP) is 3.92. The summed E-state index contributed by atoms with van der Waals surface area (Å²) >= 11 is 0. The van der Waals surface area contributed by atoms with Crippen LogP contribution in [0.15, 0.2) is 24.3 Å². The minimum atomic E-state index is -0.475. The van der Waals surface area contributed by atoms with Gasteiger partial charge in [0.05, 0.1) is 17.7 Å². The Bertz CT molecular complexity index is 474. The van der Waals surface area contributed by atoms with Gasteiger partial charge < -0.3 is 4.74 Å². The topological polar surface area (TPSA) is 29.5 Å². The number of ketones is 1. The molecule has 0 aliphatic carbocycles. The average Bonchev–Trinajstić information content (AvgIpc) is 2.77. The zero-order valence-corrected chi connectivity index (χ0v) is 13.5. The molecule has 0 N–H and O–H groups in total. The minimum Gasteiger partial charge on any atom is -0.493 e. The first-order valence-electron chi connectivity index (χ1n) is 8.09. The molecular weight excluding hydrogens is 262 g/mol. The zero-order chi connectivity index (χ0) is 15.3. The molecule has 0 radical (unpaired) electrons. The van der Waals surface area contributed by atoms with Gasteiger partial charge >= 0.3 is 0 Å². The molecule has 0 unspecified atom stereocenters. The fourth-order valence-electron chi connectivity index (χ4n) is 3.04. The maximum atomic E-state index is 13.1. The van der Waals surface area contributed by atoms with Crippen LogP contribution < -0.4 is 4.74 Å². The minimum absolute atomic E-state index is 0.161. The highest BCUT2D eigenvalue weighted by molar-refractivity contribution is 6.04. The number of likely N-dealkylation sites (tertiary alicyclic amines) is 1. The third-order valence-electron chi connectivity index (χ3n) is 4.38. The highest BCUT2D eigenvalue weighted by Crippen LogP contribution is 2.28. The van der Waals surface area contributed by atoms with E-state index in [0.29, 0.717) is 17.9 Å². The summed E-state index contributed by atoms with van der Waals surface area (Å²) in [5, 5.41) is 0. The van der Waals surface area contributed by atoms with Crippen molar-refractivity contribution in [2.45, 2.75) is 52.0 Å². The van der Waals surface area contributed by atoms with E-state index < -0.39 is 5.54 Å². The molecule has 116 valence electrons. The molecule has 1 aromatic rings. The normalized spacial score (nSPS) is 17.3. The summed E-state index contributed by atoms with van der Waals surface area (Å²) in [5.74, 6) is 0.862. The Balaban J connectivity index is 2.24. The number of nitrogens with zero attached hydrogens (tertiary/aromatic N) is 1. The lowest BCUT2D eigenvalue weighted by Gasteiger charge is -2.36. The van der Waals surface area contributed by atoms with Crippen LogP contribution in [0.2, 0.25) is 0 Å². The van der Waals surface area contributed by atoms with E-state index >= 15 is 0 Å². The molecule has 1 aliphatic heterocycles. The molecule has 21 heavy (non-hydrogen) atoms. The standard InChI is InChI=1S/C18H27NO2/c1-4-21-16-12-8-7-11-15(16)17(20)18(2,3)19-13-9-5-6-10-14-19/h7-8,11-12H,4-6,9-10,13-14H2,1-3H3. The van der Waals surface area contributed by atoms with Gasteiger partial charge in [-0.05, 0) is 58.8 Å². The Hall–Kier alpha value is -1.35. The molecule has 0 spiro atoms. The molecule has 0 saturated carbocycles. The van der Waals surface area contributed by atoms with E-state index in [4.69, 9.17) is 4.74 Å². The number of ether oxygens (including phenoxy) is 1. The number of hydrogen-bond donors (Lipinski definition) is 0. The molecule has 1 heterocycles. The van der Waals surface area contributed by atoms with Crippen LogP contribution in [-0.4, -0.2) is 35.9 Å². The number of carbonyl (C=O) groups excluding carboxylic acids is 1. The van der Waals surface area contributed by atoms with Crippen molar-refractivity contribution >= 4 is 5.78 Å². The molecule has 0 bridgehead atoms. The van der Waals surface area contributed by atoms with Crippen molar-refractivity contribution in [2.75, 3.05) is 19.7 Å². The Morgan fingerprint density at radius 1 is 1.14 bits per heavy atom. The Kier molecular flexibility index (Phi) is 5.40. The Morgan fingerprint density at radius 3 is 2.38 bits per heavy atom. The highest BCUT2D eigenvalue weighted by Gasteiger charge is 2.36. The van der Waals surface area contributed by atoms with E-state index in [9.17, 15) is 4.79 Å². The fraction of sp³-hybridized carbons (Fsp3) is 0.611. The average molecular weight is 289 g/mol. The van der Waals surface area contributed by atoms with Crippen molar-refractivity contribution in [3.63, 3.8) is 0 Å². The van der Waals surface area contributed by atoms with E-state index in [1.54, 1.807) is 0 Å². The second kappa shape index (κ2) is 7.08. The molecule has 0 atom stereocenters. The molecule has 1 fully saturated rings. The summed E-state index contributed by atoms with van der Waals surface area (Å²) in [6.45, 7) is 8.63. The van der Waals surface area contributed by atoms with Gasteiger partial charge in [0.1, 0.15) is 5.75 Å². The van der Waals surface area contributed by atoms with E-state index in [-0.39, 0.29) is 5.78 Å². The van der Waals surface area contributed by atoms with Crippen molar-refractivity contribution < 1.29 is 9.53 Å². The summed E-state index contributed by atoms with van der Waals surface area (Å²) in [6, 6.07) is 7.59. The summed E-state index contributed by atoms with van der Waals surface area (Å²) in [5.41, 5.74) is 0.228. The highest BCUT2D eigenvalue weighted by atomic mass is 16.5. The van der Waals surface area contributed by atoms with Crippen LogP contribution in [-0.2, 0) is 0 Å². The van der Waals surface area contributed by atoms with Crippen molar-refractivity contribution in [1.82, 2.24) is 4.90 Å². The molecule has 1 saturated heterocycles. The van der Waals surface area contributed by atoms with Crippen molar-refractivity contribution in [2.24, 2.45) is 0 Å². The van der Waals surface area contributed by atoms with Gasteiger partial charge in [0, 0.05) is 0 Å². The lowest BCUT2D eigenvalue weighted by atomic mass is 9.90. The van der Waals surface area contributed by atoms with E-state index in [1.165, 1.54) is 25.7 Å². The monoisotopic (exact) mass is 289 g/mol. The van der Waals surface area contributed by atoms with Gasteiger partial charge in [0.2, 0.25) is 0 Å². The Labute approximate surface area is 128 Å². The maximum Gasteiger partial charge on any atom is 0.186 e. The van der Waals surface area contributed by atoms with Gasteiger partial charge in [0.15, 0.2) is 5.78 Å². The SMILES string of the molecule is CCOc1ccccc1C(=O)C(C)(C)N1CCCCCC1. The van der Waals surface area contributed by atoms with Crippen LogP contribution in [0, 0.1) is 0 Å². The molecule has 1 aliphatic rings. The van der Waals surface area contributed by atoms with Crippen LogP contribution >= 0.6 is 0 Å². The number of Topliss-reactive ketones (excluding diaryl/α,β-unsaturated/α-hetero) is 1.